The van der Waals surface area contributed by atoms with E-state index in [2.05, 4.69) is 5.43 Å². The summed E-state index contributed by atoms with van der Waals surface area (Å²) in [5.41, 5.74) is 11.3. The molecule has 4 nitrogen and oxygen atoms in total. The van der Waals surface area contributed by atoms with Crippen molar-refractivity contribution in [2.24, 2.45) is 5.84 Å². The van der Waals surface area contributed by atoms with Crippen LogP contribution in [-0.4, -0.2) is 6.61 Å². The number of rotatable bonds is 5. The molecule has 2 aromatic rings. The van der Waals surface area contributed by atoms with Crippen LogP contribution in [-0.2, 0) is 0 Å². The zero-order chi connectivity index (χ0) is 14.5. The molecule has 0 aromatic heterocycles. The van der Waals surface area contributed by atoms with E-state index in [9.17, 15) is 0 Å². The predicted molar refractivity (Wildman–Crippen MR) is 82.6 cm³/mol. The summed E-state index contributed by atoms with van der Waals surface area (Å²) in [7, 11) is 0. The Morgan fingerprint density at radius 2 is 2.05 bits per heavy atom. The largest absolute Gasteiger partial charge is 0.494 e. The highest BCUT2D eigenvalue weighted by Crippen LogP contribution is 2.30. The van der Waals surface area contributed by atoms with Crippen LogP contribution in [0, 0.1) is 0 Å². The molecular weight excluding hydrogens is 274 g/mol. The van der Waals surface area contributed by atoms with Crippen LogP contribution in [0.4, 0.5) is 5.69 Å². The number of nitrogens with two attached hydrogens (primary N) is 2. The van der Waals surface area contributed by atoms with Gasteiger partial charge in [0.25, 0.3) is 0 Å². The SMILES string of the molecule is CCOc1cccc(C(NN)c2ccc(Cl)cc2N)c1. The quantitative estimate of drug-likeness (QED) is 0.450. The minimum Gasteiger partial charge on any atom is -0.494 e. The van der Waals surface area contributed by atoms with Crippen LogP contribution >= 0.6 is 11.6 Å². The Hall–Kier alpha value is -1.75. The predicted octanol–water partition coefficient (Wildman–Crippen LogP) is 2.87. The highest BCUT2D eigenvalue weighted by molar-refractivity contribution is 6.30. The Morgan fingerprint density at radius 1 is 1.25 bits per heavy atom. The van der Waals surface area contributed by atoms with Crippen molar-refractivity contribution in [2.45, 2.75) is 13.0 Å². The zero-order valence-corrected chi connectivity index (χ0v) is 12.0. The molecule has 106 valence electrons. The normalized spacial score (nSPS) is 12.2. The molecule has 0 heterocycles. The first-order chi connectivity index (χ1) is 9.65. The second-order valence-electron chi connectivity index (χ2n) is 4.38. The molecule has 2 rings (SSSR count). The number of halogens is 1. The molecule has 0 aliphatic rings. The zero-order valence-electron chi connectivity index (χ0n) is 11.3. The second-order valence-corrected chi connectivity index (χ2v) is 4.81. The molecule has 0 aliphatic carbocycles. The number of benzene rings is 2. The first kappa shape index (κ1) is 14.7. The van der Waals surface area contributed by atoms with Crippen LogP contribution in [0.1, 0.15) is 24.1 Å². The standard InChI is InChI=1S/C15H18ClN3O/c1-2-20-12-5-3-4-10(8-12)15(19-18)13-7-6-11(16)9-14(13)17/h3-9,15,19H,2,17-18H2,1H3. The van der Waals surface area contributed by atoms with E-state index in [0.717, 1.165) is 16.9 Å². The van der Waals surface area contributed by atoms with E-state index in [0.29, 0.717) is 17.3 Å². The summed E-state index contributed by atoms with van der Waals surface area (Å²) in [6.45, 7) is 2.57. The van der Waals surface area contributed by atoms with E-state index < -0.39 is 0 Å². The Balaban J connectivity index is 2.38. The molecule has 5 N–H and O–H groups in total. The fourth-order valence-electron chi connectivity index (χ4n) is 2.12. The fraction of sp³-hybridized carbons (Fsp3) is 0.200. The third-order valence-corrected chi connectivity index (χ3v) is 3.26. The maximum Gasteiger partial charge on any atom is 0.119 e. The van der Waals surface area contributed by atoms with Crippen LogP contribution in [0.2, 0.25) is 5.02 Å². The molecular formula is C15H18ClN3O. The van der Waals surface area contributed by atoms with Crippen LogP contribution in [0.5, 0.6) is 5.75 Å². The number of hydrogen-bond donors (Lipinski definition) is 3. The van der Waals surface area contributed by atoms with Gasteiger partial charge in [-0.2, -0.15) is 0 Å². The number of ether oxygens (including phenoxy) is 1. The van der Waals surface area contributed by atoms with Crippen molar-refractivity contribution in [1.29, 1.82) is 0 Å². The topological polar surface area (TPSA) is 73.3 Å². The van der Waals surface area contributed by atoms with Gasteiger partial charge in [0, 0.05) is 10.7 Å². The van der Waals surface area contributed by atoms with Gasteiger partial charge in [-0.15, -0.1) is 0 Å². The summed E-state index contributed by atoms with van der Waals surface area (Å²) in [5.74, 6) is 6.49. The summed E-state index contributed by atoms with van der Waals surface area (Å²) < 4.78 is 5.51. The molecule has 0 radical (unpaired) electrons. The molecule has 20 heavy (non-hydrogen) atoms. The molecule has 0 spiro atoms. The van der Waals surface area contributed by atoms with Crippen LogP contribution in [0.25, 0.3) is 0 Å². The van der Waals surface area contributed by atoms with Crippen LogP contribution < -0.4 is 21.7 Å². The summed E-state index contributed by atoms with van der Waals surface area (Å²) in [6.07, 6.45) is 0. The van der Waals surface area contributed by atoms with Crippen molar-refractivity contribution in [1.82, 2.24) is 5.43 Å². The Kier molecular flexibility index (Phi) is 4.84. The Morgan fingerprint density at radius 3 is 2.70 bits per heavy atom. The molecule has 1 atom stereocenters. The monoisotopic (exact) mass is 291 g/mol. The van der Waals surface area contributed by atoms with Crippen molar-refractivity contribution < 1.29 is 4.74 Å². The summed E-state index contributed by atoms with van der Waals surface area (Å²) in [5, 5.41) is 0.602. The molecule has 1 unspecified atom stereocenters. The maximum absolute atomic E-state index is 6.02. The smallest absolute Gasteiger partial charge is 0.119 e. The van der Waals surface area contributed by atoms with Gasteiger partial charge in [0.05, 0.1) is 12.6 Å². The third-order valence-electron chi connectivity index (χ3n) is 3.03. The average Bonchev–Trinajstić information content (AvgIpc) is 2.43. The van der Waals surface area contributed by atoms with E-state index in [1.165, 1.54) is 0 Å². The first-order valence-electron chi connectivity index (χ1n) is 6.39. The highest BCUT2D eigenvalue weighted by atomic mass is 35.5. The maximum atomic E-state index is 6.02. The van der Waals surface area contributed by atoms with Crippen molar-refractivity contribution in [3.8, 4) is 5.75 Å². The lowest BCUT2D eigenvalue weighted by atomic mass is 9.97. The Labute approximate surface area is 123 Å². The number of nitrogens with one attached hydrogen (secondary N) is 1. The molecule has 0 bridgehead atoms. The van der Waals surface area contributed by atoms with Gasteiger partial charge in [0.1, 0.15) is 5.75 Å². The van der Waals surface area contributed by atoms with Gasteiger partial charge in [-0.05, 0) is 42.3 Å². The lowest BCUT2D eigenvalue weighted by Gasteiger charge is -2.19. The molecule has 5 heteroatoms. The molecule has 0 fully saturated rings. The van der Waals surface area contributed by atoms with E-state index in [1.54, 1.807) is 12.1 Å². The molecule has 0 saturated carbocycles. The van der Waals surface area contributed by atoms with Crippen molar-refractivity contribution in [3.05, 3.63) is 58.6 Å². The summed E-state index contributed by atoms with van der Waals surface area (Å²) >= 11 is 5.93. The van der Waals surface area contributed by atoms with Crippen molar-refractivity contribution >= 4 is 17.3 Å². The van der Waals surface area contributed by atoms with Gasteiger partial charge in [0.2, 0.25) is 0 Å². The number of anilines is 1. The van der Waals surface area contributed by atoms with Gasteiger partial charge >= 0.3 is 0 Å². The summed E-state index contributed by atoms with van der Waals surface area (Å²) in [4.78, 5) is 0. The van der Waals surface area contributed by atoms with Gasteiger partial charge in [-0.25, -0.2) is 5.43 Å². The minimum absolute atomic E-state index is 0.215. The molecule has 0 saturated heterocycles. The van der Waals surface area contributed by atoms with Gasteiger partial charge in [-0.3, -0.25) is 5.84 Å². The van der Waals surface area contributed by atoms with Crippen LogP contribution in [0.15, 0.2) is 42.5 Å². The van der Waals surface area contributed by atoms with Gasteiger partial charge in [0.15, 0.2) is 0 Å². The van der Waals surface area contributed by atoms with Gasteiger partial charge in [-0.1, -0.05) is 29.8 Å². The molecule has 2 aromatic carbocycles. The van der Waals surface area contributed by atoms with E-state index in [4.69, 9.17) is 27.9 Å². The third kappa shape index (κ3) is 3.22. The molecule has 0 amide bonds. The first-order valence-corrected chi connectivity index (χ1v) is 6.77. The number of hydrogen-bond acceptors (Lipinski definition) is 4. The van der Waals surface area contributed by atoms with E-state index in [1.807, 2.05) is 37.3 Å². The lowest BCUT2D eigenvalue weighted by molar-refractivity contribution is 0.339. The fourth-order valence-corrected chi connectivity index (χ4v) is 2.31. The van der Waals surface area contributed by atoms with E-state index >= 15 is 0 Å². The van der Waals surface area contributed by atoms with Crippen LogP contribution in [0.3, 0.4) is 0 Å². The molecule has 0 aliphatic heterocycles. The van der Waals surface area contributed by atoms with Crippen molar-refractivity contribution in [3.63, 3.8) is 0 Å². The summed E-state index contributed by atoms with van der Waals surface area (Å²) in [6, 6.07) is 12.9. The number of hydrazine groups is 1. The van der Waals surface area contributed by atoms with E-state index in [-0.39, 0.29) is 6.04 Å². The number of nitrogen functional groups attached to an aromatic ring is 1. The highest BCUT2D eigenvalue weighted by Gasteiger charge is 2.16. The van der Waals surface area contributed by atoms with Gasteiger partial charge < -0.3 is 10.5 Å². The minimum atomic E-state index is -0.215. The lowest BCUT2D eigenvalue weighted by Crippen LogP contribution is -2.29. The second kappa shape index (κ2) is 6.61. The Bertz CT molecular complexity index is 589. The average molecular weight is 292 g/mol. The van der Waals surface area contributed by atoms with Crippen molar-refractivity contribution in [2.75, 3.05) is 12.3 Å².